The Morgan fingerprint density at radius 1 is 0.850 bits per heavy atom. The highest BCUT2D eigenvalue weighted by Gasteiger charge is 2.41. The fourth-order valence-corrected chi connectivity index (χ4v) is 4.73. The van der Waals surface area contributed by atoms with E-state index in [0.717, 1.165) is 38.6 Å². The molecule has 0 amide bonds. The molecule has 4 unspecified atom stereocenters. The summed E-state index contributed by atoms with van der Waals surface area (Å²) in [5, 5.41) is 10.5. The summed E-state index contributed by atoms with van der Waals surface area (Å²) in [6.45, 7) is 1.09. The number of aliphatic hydroxyl groups excluding tert-OH is 1. The molecule has 3 nitrogen and oxygen atoms in total. The number of hydrogen-bond acceptors (Lipinski definition) is 3. The predicted molar refractivity (Wildman–Crippen MR) is 79.6 cm³/mol. The SMILES string of the molecule is O=C1CCCCC1C1CCCN1C1CCCCCC1O. The largest absolute Gasteiger partial charge is 0.391 e. The van der Waals surface area contributed by atoms with E-state index in [9.17, 15) is 9.90 Å². The molecule has 2 saturated carbocycles. The second kappa shape index (κ2) is 6.57. The van der Waals surface area contributed by atoms with Crippen molar-refractivity contribution in [3.8, 4) is 0 Å². The first-order valence-corrected chi connectivity index (χ1v) is 8.74. The Morgan fingerprint density at radius 3 is 2.45 bits per heavy atom. The van der Waals surface area contributed by atoms with Crippen LogP contribution in [-0.2, 0) is 4.79 Å². The van der Waals surface area contributed by atoms with Gasteiger partial charge in [0.05, 0.1) is 6.10 Å². The van der Waals surface area contributed by atoms with Crippen molar-refractivity contribution in [2.24, 2.45) is 5.92 Å². The summed E-state index contributed by atoms with van der Waals surface area (Å²) in [6, 6.07) is 0.750. The monoisotopic (exact) mass is 279 g/mol. The number of likely N-dealkylation sites (tertiary alicyclic amines) is 1. The molecular weight excluding hydrogens is 250 g/mol. The second-order valence-corrected chi connectivity index (χ2v) is 7.04. The van der Waals surface area contributed by atoms with Gasteiger partial charge in [-0.25, -0.2) is 0 Å². The normalized spacial score (nSPS) is 40.8. The zero-order valence-electron chi connectivity index (χ0n) is 12.6. The maximum Gasteiger partial charge on any atom is 0.137 e. The van der Waals surface area contributed by atoms with Crippen molar-refractivity contribution in [3.05, 3.63) is 0 Å². The first-order chi connectivity index (χ1) is 9.77. The molecule has 1 saturated heterocycles. The maximum atomic E-state index is 12.3. The van der Waals surface area contributed by atoms with Crippen LogP contribution >= 0.6 is 0 Å². The number of nitrogens with zero attached hydrogens (tertiary/aromatic N) is 1. The molecular formula is C17H29NO2. The van der Waals surface area contributed by atoms with Crippen LogP contribution in [0.15, 0.2) is 0 Å². The molecule has 3 aliphatic rings. The van der Waals surface area contributed by atoms with Crippen LogP contribution in [0, 0.1) is 5.92 Å². The third kappa shape index (κ3) is 2.94. The van der Waals surface area contributed by atoms with Crippen LogP contribution in [0.1, 0.15) is 70.6 Å². The minimum absolute atomic E-state index is 0.170. The fraction of sp³-hybridized carbons (Fsp3) is 0.941. The lowest BCUT2D eigenvalue weighted by atomic mass is 9.81. The average Bonchev–Trinajstić information content (AvgIpc) is 2.82. The van der Waals surface area contributed by atoms with Crippen LogP contribution in [-0.4, -0.2) is 40.5 Å². The molecule has 0 radical (unpaired) electrons. The Hall–Kier alpha value is -0.410. The smallest absolute Gasteiger partial charge is 0.137 e. The molecule has 3 rings (SSSR count). The van der Waals surface area contributed by atoms with E-state index in [1.54, 1.807) is 0 Å². The van der Waals surface area contributed by atoms with Crippen LogP contribution in [0.3, 0.4) is 0 Å². The molecule has 3 fully saturated rings. The first-order valence-electron chi connectivity index (χ1n) is 8.74. The van der Waals surface area contributed by atoms with Crippen LogP contribution < -0.4 is 0 Å². The number of hydrogen-bond donors (Lipinski definition) is 1. The number of ketones is 1. The van der Waals surface area contributed by atoms with Gasteiger partial charge >= 0.3 is 0 Å². The molecule has 0 aromatic heterocycles. The average molecular weight is 279 g/mol. The summed E-state index contributed by atoms with van der Waals surface area (Å²) < 4.78 is 0. The van der Waals surface area contributed by atoms with Crippen molar-refractivity contribution >= 4 is 5.78 Å². The molecule has 0 bridgehead atoms. The zero-order valence-corrected chi connectivity index (χ0v) is 12.6. The lowest BCUT2D eigenvalue weighted by molar-refractivity contribution is -0.127. The third-order valence-corrected chi connectivity index (χ3v) is 5.78. The minimum atomic E-state index is -0.170. The van der Waals surface area contributed by atoms with E-state index < -0.39 is 0 Å². The summed E-state index contributed by atoms with van der Waals surface area (Å²) in [4.78, 5) is 14.8. The molecule has 1 aliphatic heterocycles. The summed E-state index contributed by atoms with van der Waals surface area (Å²) in [5.41, 5.74) is 0. The van der Waals surface area contributed by atoms with Gasteiger partial charge in [-0.3, -0.25) is 9.69 Å². The van der Waals surface area contributed by atoms with Crippen LogP contribution in [0.25, 0.3) is 0 Å². The predicted octanol–water partition coefficient (Wildman–Crippen LogP) is 2.90. The van der Waals surface area contributed by atoms with E-state index in [-0.39, 0.29) is 12.0 Å². The van der Waals surface area contributed by atoms with E-state index in [4.69, 9.17) is 0 Å². The Bertz CT molecular complexity index is 344. The van der Waals surface area contributed by atoms with E-state index in [1.165, 1.54) is 38.5 Å². The molecule has 0 aromatic rings. The molecule has 20 heavy (non-hydrogen) atoms. The topological polar surface area (TPSA) is 40.5 Å². The van der Waals surface area contributed by atoms with Crippen molar-refractivity contribution in [2.75, 3.05) is 6.54 Å². The lowest BCUT2D eigenvalue weighted by Gasteiger charge is -2.39. The van der Waals surface area contributed by atoms with Crippen molar-refractivity contribution in [2.45, 2.75) is 88.8 Å². The molecule has 1 N–H and O–H groups in total. The Labute approximate surface area is 122 Å². The van der Waals surface area contributed by atoms with Crippen molar-refractivity contribution in [3.63, 3.8) is 0 Å². The van der Waals surface area contributed by atoms with Gasteiger partial charge in [0.2, 0.25) is 0 Å². The molecule has 114 valence electrons. The van der Waals surface area contributed by atoms with Crippen molar-refractivity contribution in [1.82, 2.24) is 4.90 Å². The molecule has 1 heterocycles. The summed E-state index contributed by atoms with van der Waals surface area (Å²) in [5.74, 6) is 0.762. The quantitative estimate of drug-likeness (QED) is 0.790. The molecule has 3 heteroatoms. The van der Waals surface area contributed by atoms with Gasteiger partial charge in [-0.05, 0) is 45.1 Å². The standard InChI is InChI=1S/C17H29NO2/c19-16-10-5-4-7-13(16)14-9-6-12-18(14)15-8-2-1-3-11-17(15)20/h13-15,17,20H,1-12H2. The zero-order chi connectivity index (χ0) is 13.9. The van der Waals surface area contributed by atoms with Gasteiger partial charge in [0.15, 0.2) is 0 Å². The number of aliphatic hydroxyl groups is 1. The van der Waals surface area contributed by atoms with Crippen molar-refractivity contribution < 1.29 is 9.90 Å². The van der Waals surface area contributed by atoms with Gasteiger partial charge in [0, 0.05) is 24.4 Å². The number of carbonyl (C=O) groups is 1. The lowest BCUT2D eigenvalue weighted by Crippen LogP contribution is -2.50. The maximum absolute atomic E-state index is 12.3. The molecule has 0 aromatic carbocycles. The van der Waals surface area contributed by atoms with Gasteiger partial charge in [0.25, 0.3) is 0 Å². The first kappa shape index (κ1) is 14.5. The minimum Gasteiger partial charge on any atom is -0.391 e. The van der Waals surface area contributed by atoms with Gasteiger partial charge < -0.3 is 5.11 Å². The number of rotatable bonds is 2. The molecule has 4 atom stereocenters. The van der Waals surface area contributed by atoms with E-state index in [1.807, 2.05) is 0 Å². The number of Topliss-reactive ketones (excluding diaryl/α,β-unsaturated/α-hetero) is 1. The summed E-state index contributed by atoms with van der Waals surface area (Å²) >= 11 is 0. The second-order valence-electron chi connectivity index (χ2n) is 7.04. The van der Waals surface area contributed by atoms with Gasteiger partial charge in [0.1, 0.15) is 5.78 Å². The fourth-order valence-electron chi connectivity index (χ4n) is 4.73. The van der Waals surface area contributed by atoms with Crippen LogP contribution in [0.2, 0.25) is 0 Å². The van der Waals surface area contributed by atoms with Crippen LogP contribution in [0.5, 0.6) is 0 Å². The Balaban J connectivity index is 1.72. The highest BCUT2D eigenvalue weighted by molar-refractivity contribution is 5.82. The Kier molecular flexibility index (Phi) is 4.77. The third-order valence-electron chi connectivity index (χ3n) is 5.78. The number of carbonyl (C=O) groups excluding carboxylic acids is 1. The van der Waals surface area contributed by atoms with Gasteiger partial charge in [-0.1, -0.05) is 25.7 Å². The summed E-state index contributed by atoms with van der Waals surface area (Å²) in [6.07, 6.45) is 12.1. The summed E-state index contributed by atoms with van der Waals surface area (Å²) in [7, 11) is 0. The highest BCUT2D eigenvalue weighted by Crippen LogP contribution is 2.36. The highest BCUT2D eigenvalue weighted by atomic mass is 16.3. The van der Waals surface area contributed by atoms with Crippen molar-refractivity contribution in [1.29, 1.82) is 0 Å². The van der Waals surface area contributed by atoms with Gasteiger partial charge in [-0.2, -0.15) is 0 Å². The van der Waals surface area contributed by atoms with E-state index in [0.29, 0.717) is 17.9 Å². The molecule has 2 aliphatic carbocycles. The molecule has 0 spiro atoms. The van der Waals surface area contributed by atoms with Crippen LogP contribution in [0.4, 0.5) is 0 Å². The van der Waals surface area contributed by atoms with E-state index in [2.05, 4.69) is 4.90 Å². The van der Waals surface area contributed by atoms with Gasteiger partial charge in [-0.15, -0.1) is 0 Å². The van der Waals surface area contributed by atoms with E-state index >= 15 is 0 Å². The Morgan fingerprint density at radius 2 is 1.60 bits per heavy atom.